The number of hydrogen-bond acceptors (Lipinski definition) is 1. The largest absolute Gasteiger partial charge is 0.313 e. The zero-order chi connectivity index (χ0) is 10.1. The van der Waals surface area contributed by atoms with Crippen LogP contribution in [0.5, 0.6) is 0 Å². The lowest BCUT2D eigenvalue weighted by atomic mass is 9.74. The Morgan fingerprint density at radius 2 is 1.77 bits per heavy atom. The van der Waals surface area contributed by atoms with E-state index in [9.17, 15) is 0 Å². The van der Waals surface area contributed by atoms with Gasteiger partial charge in [0, 0.05) is 12.6 Å². The predicted molar refractivity (Wildman–Crippen MR) is 58.9 cm³/mol. The fourth-order valence-electron chi connectivity index (χ4n) is 2.88. The van der Waals surface area contributed by atoms with Crippen LogP contribution in [0.1, 0.15) is 53.9 Å². The van der Waals surface area contributed by atoms with Crippen molar-refractivity contribution in [1.82, 2.24) is 5.32 Å². The number of nitrogens with one attached hydrogen (secondary N) is 1. The quantitative estimate of drug-likeness (QED) is 0.658. The predicted octanol–water partition coefficient (Wildman–Crippen LogP) is 3.20. The molecule has 1 rings (SSSR count). The standard InChI is InChI=1S/C12H25N/c1-6-10-7-11(2,3)8-12(4,5)9-13-10/h10,13H,6-9H2,1-5H3. The van der Waals surface area contributed by atoms with Crippen molar-refractivity contribution in [2.75, 3.05) is 6.54 Å². The van der Waals surface area contributed by atoms with Crippen LogP contribution in [0.25, 0.3) is 0 Å². The molecule has 0 spiro atoms. The molecule has 13 heavy (non-hydrogen) atoms. The summed E-state index contributed by atoms with van der Waals surface area (Å²) in [6, 6.07) is 0.733. The third-order valence-corrected chi connectivity index (χ3v) is 3.12. The smallest absolute Gasteiger partial charge is 0.00697 e. The van der Waals surface area contributed by atoms with Gasteiger partial charge in [0.1, 0.15) is 0 Å². The van der Waals surface area contributed by atoms with Crippen LogP contribution in [0.2, 0.25) is 0 Å². The van der Waals surface area contributed by atoms with Gasteiger partial charge in [-0.1, -0.05) is 34.6 Å². The molecule has 0 radical (unpaired) electrons. The van der Waals surface area contributed by atoms with E-state index in [4.69, 9.17) is 0 Å². The highest BCUT2D eigenvalue weighted by atomic mass is 14.9. The molecule has 0 aliphatic carbocycles. The minimum absolute atomic E-state index is 0.466. The van der Waals surface area contributed by atoms with Crippen molar-refractivity contribution < 1.29 is 0 Å². The number of rotatable bonds is 1. The van der Waals surface area contributed by atoms with E-state index in [2.05, 4.69) is 39.9 Å². The van der Waals surface area contributed by atoms with Crippen LogP contribution in [-0.4, -0.2) is 12.6 Å². The first kappa shape index (κ1) is 11.0. The van der Waals surface area contributed by atoms with Gasteiger partial charge < -0.3 is 5.32 Å². The minimum atomic E-state index is 0.466. The summed E-state index contributed by atoms with van der Waals surface area (Å²) in [5.74, 6) is 0. The zero-order valence-corrected chi connectivity index (χ0v) is 9.91. The third kappa shape index (κ3) is 3.30. The maximum Gasteiger partial charge on any atom is 0.00697 e. The second kappa shape index (κ2) is 3.61. The van der Waals surface area contributed by atoms with Crippen molar-refractivity contribution in [1.29, 1.82) is 0 Å². The first-order valence-corrected chi connectivity index (χ1v) is 5.58. The van der Waals surface area contributed by atoms with Gasteiger partial charge in [0.05, 0.1) is 0 Å². The van der Waals surface area contributed by atoms with Gasteiger partial charge in [-0.2, -0.15) is 0 Å². The van der Waals surface area contributed by atoms with Crippen molar-refractivity contribution in [3.05, 3.63) is 0 Å². The first-order valence-electron chi connectivity index (χ1n) is 5.58. The third-order valence-electron chi connectivity index (χ3n) is 3.12. The van der Waals surface area contributed by atoms with Gasteiger partial charge in [-0.25, -0.2) is 0 Å². The fourth-order valence-corrected chi connectivity index (χ4v) is 2.88. The summed E-state index contributed by atoms with van der Waals surface area (Å²) in [4.78, 5) is 0. The molecular formula is C12H25N. The van der Waals surface area contributed by atoms with E-state index in [1.165, 1.54) is 25.8 Å². The molecule has 0 aromatic rings. The lowest BCUT2D eigenvalue weighted by molar-refractivity contribution is 0.208. The molecule has 0 bridgehead atoms. The average molecular weight is 183 g/mol. The lowest BCUT2D eigenvalue weighted by Gasteiger charge is -2.31. The number of hydrogen-bond donors (Lipinski definition) is 1. The summed E-state index contributed by atoms with van der Waals surface area (Å²) in [6.45, 7) is 13.0. The van der Waals surface area contributed by atoms with E-state index in [-0.39, 0.29) is 0 Å². The topological polar surface area (TPSA) is 12.0 Å². The summed E-state index contributed by atoms with van der Waals surface area (Å²) in [7, 11) is 0. The molecule has 0 aromatic carbocycles. The highest BCUT2D eigenvalue weighted by Gasteiger charge is 2.34. The molecule has 1 nitrogen and oxygen atoms in total. The molecule has 0 saturated carbocycles. The molecule has 1 aliphatic heterocycles. The van der Waals surface area contributed by atoms with E-state index >= 15 is 0 Å². The average Bonchev–Trinajstić information content (AvgIpc) is 2.04. The Morgan fingerprint density at radius 3 is 2.31 bits per heavy atom. The highest BCUT2D eigenvalue weighted by Crippen LogP contribution is 2.39. The SMILES string of the molecule is CCC1CC(C)(C)CC(C)(C)CN1. The summed E-state index contributed by atoms with van der Waals surface area (Å²) in [6.07, 6.45) is 3.93. The maximum absolute atomic E-state index is 3.68. The highest BCUT2D eigenvalue weighted by molar-refractivity contribution is 4.88. The van der Waals surface area contributed by atoms with Crippen molar-refractivity contribution in [2.24, 2.45) is 10.8 Å². The van der Waals surface area contributed by atoms with E-state index in [1.807, 2.05) is 0 Å². The molecule has 1 atom stereocenters. The second-order valence-electron chi connectivity index (χ2n) is 6.20. The molecule has 1 N–H and O–H groups in total. The van der Waals surface area contributed by atoms with Crippen LogP contribution >= 0.6 is 0 Å². The van der Waals surface area contributed by atoms with Gasteiger partial charge in [0.2, 0.25) is 0 Å². The molecular weight excluding hydrogens is 158 g/mol. The zero-order valence-electron chi connectivity index (χ0n) is 9.91. The Kier molecular flexibility index (Phi) is 3.06. The van der Waals surface area contributed by atoms with Crippen LogP contribution in [0.4, 0.5) is 0 Å². The molecule has 0 amide bonds. The summed E-state index contributed by atoms with van der Waals surface area (Å²) >= 11 is 0. The van der Waals surface area contributed by atoms with Crippen LogP contribution < -0.4 is 5.32 Å². The van der Waals surface area contributed by atoms with Crippen LogP contribution in [-0.2, 0) is 0 Å². The van der Waals surface area contributed by atoms with Crippen LogP contribution in [0.3, 0.4) is 0 Å². The van der Waals surface area contributed by atoms with Crippen molar-refractivity contribution in [3.63, 3.8) is 0 Å². The Morgan fingerprint density at radius 1 is 1.15 bits per heavy atom. The molecule has 1 unspecified atom stereocenters. The summed E-state index contributed by atoms with van der Waals surface area (Å²) in [5.41, 5.74) is 0.973. The summed E-state index contributed by atoms with van der Waals surface area (Å²) < 4.78 is 0. The molecule has 1 aliphatic rings. The first-order chi connectivity index (χ1) is 5.85. The van der Waals surface area contributed by atoms with Gasteiger partial charge >= 0.3 is 0 Å². The van der Waals surface area contributed by atoms with Crippen molar-refractivity contribution in [3.8, 4) is 0 Å². The monoisotopic (exact) mass is 183 g/mol. The maximum atomic E-state index is 3.68. The molecule has 1 heterocycles. The Labute approximate surface area is 83.3 Å². The minimum Gasteiger partial charge on any atom is -0.313 e. The molecule has 1 heteroatoms. The van der Waals surface area contributed by atoms with Crippen molar-refractivity contribution in [2.45, 2.75) is 59.9 Å². The molecule has 78 valence electrons. The van der Waals surface area contributed by atoms with E-state index in [1.54, 1.807) is 0 Å². The molecule has 1 fully saturated rings. The Bertz CT molecular complexity index is 170. The normalized spacial score (nSPS) is 32.5. The molecule has 0 aromatic heterocycles. The van der Waals surface area contributed by atoms with Gasteiger partial charge in [-0.15, -0.1) is 0 Å². The second-order valence-corrected chi connectivity index (χ2v) is 6.20. The van der Waals surface area contributed by atoms with Crippen molar-refractivity contribution >= 4 is 0 Å². The van der Waals surface area contributed by atoms with E-state index < -0.39 is 0 Å². The Balaban J connectivity index is 2.69. The van der Waals surface area contributed by atoms with Crippen LogP contribution in [0.15, 0.2) is 0 Å². The van der Waals surface area contributed by atoms with E-state index in [0.29, 0.717) is 10.8 Å². The Hall–Kier alpha value is -0.0400. The lowest BCUT2D eigenvalue weighted by Crippen LogP contribution is -2.33. The summed E-state index contributed by atoms with van der Waals surface area (Å²) in [5, 5.41) is 3.68. The van der Waals surface area contributed by atoms with Gasteiger partial charge in [-0.05, 0) is 30.1 Å². The fraction of sp³-hybridized carbons (Fsp3) is 1.00. The van der Waals surface area contributed by atoms with Crippen LogP contribution in [0, 0.1) is 10.8 Å². The van der Waals surface area contributed by atoms with Gasteiger partial charge in [0.15, 0.2) is 0 Å². The van der Waals surface area contributed by atoms with Gasteiger partial charge in [0.25, 0.3) is 0 Å². The van der Waals surface area contributed by atoms with E-state index in [0.717, 1.165) is 6.04 Å². The van der Waals surface area contributed by atoms with Gasteiger partial charge in [-0.3, -0.25) is 0 Å². The molecule has 1 saturated heterocycles.